The van der Waals surface area contributed by atoms with Gasteiger partial charge in [0.25, 0.3) is 5.91 Å². The van der Waals surface area contributed by atoms with Crippen LogP contribution in [0.15, 0.2) is 18.2 Å². The summed E-state index contributed by atoms with van der Waals surface area (Å²) >= 11 is 0. The van der Waals surface area contributed by atoms with Crippen LogP contribution in [-0.2, 0) is 0 Å². The number of benzene rings is 1. The Kier molecular flexibility index (Phi) is 6.39. The number of carbonyl (C=O) groups excluding carboxylic acids is 1. The van der Waals surface area contributed by atoms with Crippen LogP contribution in [0.5, 0.6) is 0 Å². The first-order valence-corrected chi connectivity index (χ1v) is 7.32. The van der Waals surface area contributed by atoms with Gasteiger partial charge in [-0.1, -0.05) is 32.6 Å². The largest absolute Gasteiger partial charge is 0.347 e. The lowest BCUT2D eigenvalue weighted by Gasteiger charge is -2.31. The van der Waals surface area contributed by atoms with E-state index in [0.29, 0.717) is 5.56 Å². The molecule has 0 unspecified atom stereocenters. The Morgan fingerprint density at radius 3 is 2.43 bits per heavy atom. The standard InChI is InChI=1S/C17H23FN2O/c1-4-17(5-2,6-3)20-16(21)14-12-13(8-7-11-19)9-10-15(14)18/h9-10,12H,4-6,11,19H2,1-3H3,(H,20,21). The molecule has 21 heavy (non-hydrogen) atoms. The highest BCUT2D eigenvalue weighted by Gasteiger charge is 2.27. The molecule has 4 heteroatoms. The van der Waals surface area contributed by atoms with Crippen LogP contribution in [0.4, 0.5) is 4.39 Å². The number of rotatable bonds is 5. The molecule has 1 rings (SSSR count). The number of carbonyl (C=O) groups is 1. The summed E-state index contributed by atoms with van der Waals surface area (Å²) in [5.74, 6) is 4.57. The molecule has 0 aliphatic rings. The van der Waals surface area contributed by atoms with Crippen molar-refractivity contribution < 1.29 is 9.18 Å². The molecule has 0 atom stereocenters. The van der Waals surface area contributed by atoms with Crippen molar-refractivity contribution in [2.45, 2.75) is 45.6 Å². The van der Waals surface area contributed by atoms with Crippen LogP contribution >= 0.6 is 0 Å². The van der Waals surface area contributed by atoms with Crippen molar-refractivity contribution in [2.24, 2.45) is 5.73 Å². The van der Waals surface area contributed by atoms with Crippen molar-refractivity contribution in [2.75, 3.05) is 6.54 Å². The summed E-state index contributed by atoms with van der Waals surface area (Å²) in [4.78, 5) is 12.4. The molecule has 0 heterocycles. The summed E-state index contributed by atoms with van der Waals surface area (Å²) in [6, 6.07) is 4.28. The minimum absolute atomic E-state index is 0.0264. The molecule has 1 amide bonds. The van der Waals surface area contributed by atoms with Crippen molar-refractivity contribution >= 4 is 5.91 Å². The molecule has 0 aromatic heterocycles. The molecule has 1 aromatic rings. The van der Waals surface area contributed by atoms with Gasteiger partial charge in [-0.3, -0.25) is 4.79 Å². The molecule has 3 nitrogen and oxygen atoms in total. The molecule has 0 spiro atoms. The molecule has 0 aliphatic heterocycles. The van der Waals surface area contributed by atoms with Crippen molar-refractivity contribution in [3.8, 4) is 11.8 Å². The molecule has 114 valence electrons. The Balaban J connectivity index is 3.06. The first-order chi connectivity index (χ1) is 10.0. The Morgan fingerprint density at radius 1 is 1.29 bits per heavy atom. The number of amides is 1. The average molecular weight is 290 g/mol. The van der Waals surface area contributed by atoms with Crippen LogP contribution in [0.1, 0.15) is 56.0 Å². The van der Waals surface area contributed by atoms with E-state index in [4.69, 9.17) is 5.73 Å². The minimum atomic E-state index is -0.539. The monoisotopic (exact) mass is 290 g/mol. The first kappa shape index (κ1) is 17.2. The van der Waals surface area contributed by atoms with Crippen LogP contribution in [-0.4, -0.2) is 18.0 Å². The highest BCUT2D eigenvalue weighted by atomic mass is 19.1. The molecule has 0 radical (unpaired) electrons. The summed E-state index contributed by atoms with van der Waals surface area (Å²) in [6.45, 7) is 6.29. The van der Waals surface area contributed by atoms with Crippen LogP contribution in [0.2, 0.25) is 0 Å². The van der Waals surface area contributed by atoms with E-state index in [1.807, 2.05) is 20.8 Å². The Bertz CT molecular complexity index is 545. The SMILES string of the molecule is CCC(CC)(CC)NC(=O)c1cc(C#CCN)ccc1F. The molecule has 3 N–H and O–H groups in total. The van der Waals surface area contributed by atoms with E-state index >= 15 is 0 Å². The van der Waals surface area contributed by atoms with Crippen molar-refractivity contribution in [3.63, 3.8) is 0 Å². The van der Waals surface area contributed by atoms with E-state index < -0.39 is 11.7 Å². The van der Waals surface area contributed by atoms with Gasteiger partial charge in [0.2, 0.25) is 0 Å². The molecule has 0 saturated carbocycles. The fourth-order valence-electron chi connectivity index (χ4n) is 2.25. The van der Waals surface area contributed by atoms with Gasteiger partial charge in [0.05, 0.1) is 12.1 Å². The Hall–Kier alpha value is -1.86. The molecule has 0 aliphatic carbocycles. The van der Waals surface area contributed by atoms with E-state index in [-0.39, 0.29) is 17.6 Å². The summed E-state index contributed by atoms with van der Waals surface area (Å²) in [7, 11) is 0. The average Bonchev–Trinajstić information content (AvgIpc) is 2.51. The zero-order chi connectivity index (χ0) is 15.9. The fraction of sp³-hybridized carbons (Fsp3) is 0.471. The maximum atomic E-state index is 13.9. The maximum Gasteiger partial charge on any atom is 0.254 e. The van der Waals surface area contributed by atoms with Crippen LogP contribution in [0.3, 0.4) is 0 Å². The van der Waals surface area contributed by atoms with E-state index in [1.165, 1.54) is 12.1 Å². The topological polar surface area (TPSA) is 55.1 Å². The zero-order valence-electron chi connectivity index (χ0n) is 12.9. The van der Waals surface area contributed by atoms with E-state index in [9.17, 15) is 9.18 Å². The second-order valence-electron chi connectivity index (χ2n) is 5.00. The quantitative estimate of drug-likeness (QED) is 0.819. The third-order valence-corrected chi connectivity index (χ3v) is 3.95. The molecule has 0 bridgehead atoms. The van der Waals surface area contributed by atoms with Gasteiger partial charge in [-0.2, -0.15) is 0 Å². The predicted molar refractivity (Wildman–Crippen MR) is 83.4 cm³/mol. The third-order valence-electron chi connectivity index (χ3n) is 3.95. The molecule has 1 aromatic carbocycles. The minimum Gasteiger partial charge on any atom is -0.347 e. The second-order valence-corrected chi connectivity index (χ2v) is 5.00. The van der Waals surface area contributed by atoms with E-state index in [1.54, 1.807) is 6.07 Å². The lowest BCUT2D eigenvalue weighted by Crippen LogP contribution is -2.47. The first-order valence-electron chi connectivity index (χ1n) is 7.32. The Labute approximate surface area is 126 Å². The van der Waals surface area contributed by atoms with E-state index in [0.717, 1.165) is 19.3 Å². The summed E-state index contributed by atoms with van der Waals surface area (Å²) in [6.07, 6.45) is 2.42. The number of halogens is 1. The third kappa shape index (κ3) is 4.30. The van der Waals surface area contributed by atoms with E-state index in [2.05, 4.69) is 17.2 Å². The number of hydrogen-bond donors (Lipinski definition) is 2. The predicted octanol–water partition coefficient (Wildman–Crippen LogP) is 2.83. The van der Waals surface area contributed by atoms with Crippen LogP contribution < -0.4 is 11.1 Å². The molecule has 0 saturated heterocycles. The van der Waals surface area contributed by atoms with Gasteiger partial charge >= 0.3 is 0 Å². The second kappa shape index (κ2) is 7.80. The number of nitrogens with two attached hydrogens (primary N) is 1. The number of nitrogens with one attached hydrogen (secondary N) is 1. The lowest BCUT2D eigenvalue weighted by atomic mass is 9.89. The molecular formula is C17H23FN2O. The van der Waals surface area contributed by atoms with Gasteiger partial charge < -0.3 is 11.1 Å². The van der Waals surface area contributed by atoms with Gasteiger partial charge in [-0.25, -0.2) is 4.39 Å². The van der Waals surface area contributed by atoms with Crippen LogP contribution in [0, 0.1) is 17.7 Å². The van der Waals surface area contributed by atoms with Crippen molar-refractivity contribution in [1.82, 2.24) is 5.32 Å². The van der Waals surface area contributed by atoms with Gasteiger partial charge in [-0.05, 0) is 37.5 Å². The fourth-order valence-corrected chi connectivity index (χ4v) is 2.25. The summed E-state index contributed by atoms with van der Waals surface area (Å²) in [5, 5.41) is 2.97. The zero-order valence-corrected chi connectivity index (χ0v) is 12.9. The van der Waals surface area contributed by atoms with Gasteiger partial charge in [0.1, 0.15) is 5.82 Å². The highest BCUT2D eigenvalue weighted by Crippen LogP contribution is 2.21. The Morgan fingerprint density at radius 2 is 1.90 bits per heavy atom. The van der Waals surface area contributed by atoms with Crippen molar-refractivity contribution in [1.29, 1.82) is 0 Å². The molecular weight excluding hydrogens is 267 g/mol. The van der Waals surface area contributed by atoms with Crippen LogP contribution in [0.25, 0.3) is 0 Å². The number of hydrogen-bond acceptors (Lipinski definition) is 2. The smallest absolute Gasteiger partial charge is 0.254 e. The summed E-state index contributed by atoms with van der Waals surface area (Å²) < 4.78 is 13.9. The maximum absolute atomic E-state index is 13.9. The normalized spacial score (nSPS) is 10.7. The van der Waals surface area contributed by atoms with Crippen molar-refractivity contribution in [3.05, 3.63) is 35.1 Å². The summed E-state index contributed by atoms with van der Waals surface area (Å²) in [5.41, 5.74) is 5.64. The van der Waals surface area contributed by atoms with Gasteiger partial charge in [-0.15, -0.1) is 0 Å². The lowest BCUT2D eigenvalue weighted by molar-refractivity contribution is 0.0884. The van der Waals surface area contributed by atoms with Gasteiger partial charge in [0, 0.05) is 11.1 Å². The van der Waals surface area contributed by atoms with Gasteiger partial charge in [0.15, 0.2) is 0 Å². The molecule has 0 fully saturated rings. The highest BCUT2D eigenvalue weighted by molar-refractivity contribution is 5.95.